The third-order valence-corrected chi connectivity index (χ3v) is 4.78. The highest BCUT2D eigenvalue weighted by atomic mass is 16.5. The Hall–Kier alpha value is -1.43. The molecule has 1 aliphatic rings. The molecule has 1 N–H and O–H groups in total. The third kappa shape index (κ3) is 9.67. The first-order valence-corrected chi connectivity index (χ1v) is 10.7. The zero-order chi connectivity index (χ0) is 20.8. The molecule has 1 fully saturated rings. The summed E-state index contributed by atoms with van der Waals surface area (Å²) in [5.74, 6) is 0.870. The average molecular weight is 393 g/mol. The SMILES string of the molecule is CC.COCCN1CCC(C(=O)NCc2ccc(COCC(C)C)cc2)CC1. The van der Waals surface area contributed by atoms with E-state index in [1.165, 1.54) is 5.56 Å². The number of likely N-dealkylation sites (tertiary alicyclic amines) is 1. The van der Waals surface area contributed by atoms with Crippen LogP contribution in [0.2, 0.25) is 0 Å². The second-order valence-electron chi connectivity index (χ2n) is 7.55. The van der Waals surface area contributed by atoms with Crippen LogP contribution in [0.5, 0.6) is 0 Å². The van der Waals surface area contributed by atoms with Crippen molar-refractivity contribution in [3.63, 3.8) is 0 Å². The maximum Gasteiger partial charge on any atom is 0.223 e. The van der Waals surface area contributed by atoms with Crippen molar-refractivity contribution in [3.05, 3.63) is 35.4 Å². The van der Waals surface area contributed by atoms with Crippen LogP contribution in [0.25, 0.3) is 0 Å². The van der Waals surface area contributed by atoms with Crippen LogP contribution in [0, 0.1) is 11.8 Å². The van der Waals surface area contributed by atoms with E-state index in [1.54, 1.807) is 7.11 Å². The molecule has 0 spiro atoms. The molecule has 5 nitrogen and oxygen atoms in total. The molecular weight excluding hydrogens is 352 g/mol. The fraction of sp³-hybridized carbons (Fsp3) is 0.696. The molecule has 28 heavy (non-hydrogen) atoms. The summed E-state index contributed by atoms with van der Waals surface area (Å²) in [6.45, 7) is 14.0. The number of nitrogens with zero attached hydrogens (tertiary/aromatic N) is 1. The Kier molecular flexibility index (Phi) is 12.8. The molecule has 2 rings (SSSR count). The summed E-state index contributed by atoms with van der Waals surface area (Å²) in [5, 5.41) is 3.09. The molecule has 1 heterocycles. The molecule has 0 bridgehead atoms. The molecule has 160 valence electrons. The topological polar surface area (TPSA) is 50.8 Å². The second kappa shape index (κ2) is 14.6. The van der Waals surface area contributed by atoms with Crippen molar-refractivity contribution in [2.45, 2.75) is 53.7 Å². The highest BCUT2D eigenvalue weighted by Gasteiger charge is 2.24. The second-order valence-corrected chi connectivity index (χ2v) is 7.55. The summed E-state index contributed by atoms with van der Waals surface area (Å²) < 4.78 is 10.8. The fourth-order valence-corrected chi connectivity index (χ4v) is 3.14. The molecule has 0 atom stereocenters. The van der Waals surface area contributed by atoms with Crippen molar-refractivity contribution < 1.29 is 14.3 Å². The summed E-state index contributed by atoms with van der Waals surface area (Å²) in [5.41, 5.74) is 2.30. The van der Waals surface area contributed by atoms with Gasteiger partial charge in [0.2, 0.25) is 5.91 Å². The first kappa shape index (κ1) is 24.6. The van der Waals surface area contributed by atoms with E-state index >= 15 is 0 Å². The lowest BCUT2D eigenvalue weighted by molar-refractivity contribution is -0.126. The highest BCUT2D eigenvalue weighted by molar-refractivity contribution is 5.78. The van der Waals surface area contributed by atoms with Gasteiger partial charge in [0.25, 0.3) is 0 Å². The molecule has 1 saturated heterocycles. The normalized spacial score (nSPS) is 15.2. The van der Waals surface area contributed by atoms with E-state index in [1.807, 2.05) is 13.8 Å². The van der Waals surface area contributed by atoms with Gasteiger partial charge in [0.1, 0.15) is 0 Å². The molecule has 1 aromatic carbocycles. The molecular formula is C23H40N2O3. The van der Waals surface area contributed by atoms with Gasteiger partial charge in [-0.05, 0) is 43.0 Å². The number of rotatable bonds is 10. The first-order valence-electron chi connectivity index (χ1n) is 10.7. The molecule has 0 aliphatic carbocycles. The van der Waals surface area contributed by atoms with Crippen molar-refractivity contribution in [2.24, 2.45) is 11.8 Å². The van der Waals surface area contributed by atoms with Gasteiger partial charge in [0, 0.05) is 32.7 Å². The van der Waals surface area contributed by atoms with Crippen LogP contribution in [-0.2, 0) is 27.4 Å². The smallest absolute Gasteiger partial charge is 0.223 e. The van der Waals surface area contributed by atoms with Crippen LogP contribution in [0.3, 0.4) is 0 Å². The number of benzene rings is 1. The van der Waals surface area contributed by atoms with Gasteiger partial charge in [-0.1, -0.05) is 52.0 Å². The van der Waals surface area contributed by atoms with E-state index in [0.29, 0.717) is 19.1 Å². The molecule has 0 unspecified atom stereocenters. The van der Waals surface area contributed by atoms with Gasteiger partial charge in [-0.25, -0.2) is 0 Å². The minimum Gasteiger partial charge on any atom is -0.383 e. The number of methoxy groups -OCH3 is 1. The van der Waals surface area contributed by atoms with Crippen molar-refractivity contribution >= 4 is 5.91 Å². The molecule has 0 aromatic heterocycles. The van der Waals surface area contributed by atoms with Crippen LogP contribution in [0.15, 0.2) is 24.3 Å². The van der Waals surface area contributed by atoms with Gasteiger partial charge < -0.3 is 19.7 Å². The standard InChI is InChI=1S/C21H34N2O3.C2H6/c1-17(2)15-26-16-19-6-4-18(5-7-19)14-22-21(24)20-8-10-23(11-9-20)12-13-25-3;1-2/h4-7,17,20H,8-16H2,1-3H3,(H,22,24);1-2H3. The average Bonchev–Trinajstić information content (AvgIpc) is 2.73. The minimum atomic E-state index is 0.137. The lowest BCUT2D eigenvalue weighted by atomic mass is 9.96. The molecule has 0 saturated carbocycles. The van der Waals surface area contributed by atoms with Crippen molar-refractivity contribution in [2.75, 3.05) is 40.0 Å². The van der Waals surface area contributed by atoms with Gasteiger partial charge in [-0.2, -0.15) is 0 Å². The van der Waals surface area contributed by atoms with Crippen molar-refractivity contribution in [3.8, 4) is 0 Å². The fourth-order valence-electron chi connectivity index (χ4n) is 3.14. The quantitative estimate of drug-likeness (QED) is 0.657. The van der Waals surface area contributed by atoms with Gasteiger partial charge in [-0.3, -0.25) is 4.79 Å². The summed E-state index contributed by atoms with van der Waals surface area (Å²) >= 11 is 0. The summed E-state index contributed by atoms with van der Waals surface area (Å²) in [7, 11) is 1.73. The van der Waals surface area contributed by atoms with E-state index in [2.05, 4.69) is 48.3 Å². The Morgan fingerprint density at radius 3 is 2.32 bits per heavy atom. The predicted molar refractivity (Wildman–Crippen MR) is 115 cm³/mol. The first-order chi connectivity index (χ1) is 13.6. The van der Waals surface area contributed by atoms with Gasteiger partial charge >= 0.3 is 0 Å². The molecule has 1 aliphatic heterocycles. The Morgan fingerprint density at radius 1 is 1.14 bits per heavy atom. The lowest BCUT2D eigenvalue weighted by Gasteiger charge is -2.31. The number of nitrogens with one attached hydrogen (secondary N) is 1. The van der Waals surface area contributed by atoms with Crippen LogP contribution >= 0.6 is 0 Å². The Balaban J connectivity index is 0.00000190. The van der Waals surface area contributed by atoms with Crippen molar-refractivity contribution in [1.82, 2.24) is 10.2 Å². The molecule has 1 aromatic rings. The summed E-state index contributed by atoms with van der Waals surface area (Å²) in [4.78, 5) is 14.8. The zero-order valence-corrected chi connectivity index (χ0v) is 18.5. The monoisotopic (exact) mass is 392 g/mol. The van der Waals surface area contributed by atoms with E-state index in [-0.39, 0.29) is 11.8 Å². The van der Waals surface area contributed by atoms with E-state index < -0.39 is 0 Å². The Labute approximate surface area is 171 Å². The number of carbonyl (C=O) groups excluding carboxylic acids is 1. The molecule has 5 heteroatoms. The van der Waals surface area contributed by atoms with Crippen LogP contribution < -0.4 is 5.32 Å². The molecule has 1 amide bonds. The molecule has 0 radical (unpaired) electrons. The number of piperidine rings is 1. The largest absolute Gasteiger partial charge is 0.383 e. The number of amides is 1. The number of ether oxygens (including phenoxy) is 2. The van der Waals surface area contributed by atoms with Crippen LogP contribution in [0.4, 0.5) is 0 Å². The van der Waals surface area contributed by atoms with E-state index in [9.17, 15) is 4.79 Å². The number of hydrogen-bond acceptors (Lipinski definition) is 4. The predicted octanol–water partition coefficient (Wildman–Crippen LogP) is 3.86. The number of carbonyl (C=O) groups is 1. The maximum absolute atomic E-state index is 12.4. The van der Waals surface area contributed by atoms with Gasteiger partial charge in [0.15, 0.2) is 0 Å². The van der Waals surface area contributed by atoms with Crippen LogP contribution in [-0.4, -0.2) is 50.8 Å². The van der Waals surface area contributed by atoms with Crippen LogP contribution in [0.1, 0.15) is 51.7 Å². The van der Waals surface area contributed by atoms with Gasteiger partial charge in [-0.15, -0.1) is 0 Å². The third-order valence-electron chi connectivity index (χ3n) is 4.78. The van der Waals surface area contributed by atoms with E-state index in [4.69, 9.17) is 9.47 Å². The van der Waals surface area contributed by atoms with E-state index in [0.717, 1.165) is 51.3 Å². The minimum absolute atomic E-state index is 0.137. The zero-order valence-electron chi connectivity index (χ0n) is 18.5. The Bertz CT molecular complexity index is 523. The van der Waals surface area contributed by atoms with Crippen molar-refractivity contribution in [1.29, 1.82) is 0 Å². The Morgan fingerprint density at radius 2 is 1.75 bits per heavy atom. The number of hydrogen-bond donors (Lipinski definition) is 1. The maximum atomic E-state index is 12.4. The summed E-state index contributed by atoms with van der Waals surface area (Å²) in [6, 6.07) is 8.30. The van der Waals surface area contributed by atoms with Gasteiger partial charge in [0.05, 0.1) is 13.2 Å². The summed E-state index contributed by atoms with van der Waals surface area (Å²) in [6.07, 6.45) is 1.86. The lowest BCUT2D eigenvalue weighted by Crippen LogP contribution is -2.41. The highest BCUT2D eigenvalue weighted by Crippen LogP contribution is 2.17.